The summed E-state index contributed by atoms with van der Waals surface area (Å²) in [6.07, 6.45) is 3.20. The zero-order valence-corrected chi connectivity index (χ0v) is 17.5. The summed E-state index contributed by atoms with van der Waals surface area (Å²) in [5, 5.41) is 12.8. The first-order valence-electron chi connectivity index (χ1n) is 8.50. The van der Waals surface area contributed by atoms with E-state index in [2.05, 4.69) is 27.1 Å². The van der Waals surface area contributed by atoms with Gasteiger partial charge < -0.3 is 10.1 Å². The largest absolute Gasteiger partial charge is 0.486 e. The fraction of sp³-hybridized carbons (Fsp3) is 0.158. The molecule has 3 rings (SSSR count). The Labute approximate surface area is 182 Å². The molecule has 0 spiro atoms. The molecule has 0 fully saturated rings. The summed E-state index contributed by atoms with van der Waals surface area (Å²) in [5.74, 6) is 1.67. The zero-order valence-electron chi connectivity index (χ0n) is 15.2. The maximum atomic E-state index is 12.2. The number of aromatic nitrogens is 4. The number of amides is 1. The molecule has 0 radical (unpaired) electrons. The molecule has 3 aromatic rings. The molecule has 2 heterocycles. The molecule has 0 unspecified atom stereocenters. The number of halogens is 2. The number of nitrogens with one attached hydrogen (secondary N) is 1. The first-order chi connectivity index (χ1) is 14.0. The standard InChI is InChI=1S/C19H17Cl2N5O2S/c1-2-9-26-17(11-28-15-6-3-13(20)4-7-15)24-25-19(26)29-12-18(27)23-16-8-5-14(21)10-22-16/h2-8,10H,1,9,11-12H2,(H,22,23,27). The topological polar surface area (TPSA) is 81.9 Å². The minimum atomic E-state index is -0.211. The van der Waals surface area contributed by atoms with Gasteiger partial charge in [-0.3, -0.25) is 9.36 Å². The summed E-state index contributed by atoms with van der Waals surface area (Å²) < 4.78 is 7.59. The molecule has 0 atom stereocenters. The van der Waals surface area contributed by atoms with Crippen LogP contribution in [0.5, 0.6) is 5.75 Å². The number of hydrogen-bond donors (Lipinski definition) is 1. The highest BCUT2D eigenvalue weighted by Crippen LogP contribution is 2.20. The molecule has 0 aliphatic rings. The molecule has 1 N–H and O–H groups in total. The van der Waals surface area contributed by atoms with Crippen molar-refractivity contribution in [1.82, 2.24) is 19.7 Å². The minimum absolute atomic E-state index is 0.150. The molecule has 2 aromatic heterocycles. The Kier molecular flexibility index (Phi) is 7.51. The second-order valence-corrected chi connectivity index (χ2v) is 7.55. The van der Waals surface area contributed by atoms with Crippen LogP contribution in [-0.4, -0.2) is 31.4 Å². The lowest BCUT2D eigenvalue weighted by molar-refractivity contribution is -0.113. The van der Waals surface area contributed by atoms with E-state index in [1.54, 1.807) is 42.5 Å². The lowest BCUT2D eigenvalue weighted by Crippen LogP contribution is -2.15. The van der Waals surface area contributed by atoms with E-state index in [4.69, 9.17) is 27.9 Å². The molecule has 1 aromatic carbocycles. The van der Waals surface area contributed by atoms with E-state index in [1.807, 2.05) is 4.57 Å². The van der Waals surface area contributed by atoms with Crippen LogP contribution >= 0.6 is 35.0 Å². The number of pyridine rings is 1. The fourth-order valence-electron chi connectivity index (χ4n) is 2.28. The first-order valence-corrected chi connectivity index (χ1v) is 10.2. The highest BCUT2D eigenvalue weighted by molar-refractivity contribution is 7.99. The molecule has 7 nitrogen and oxygen atoms in total. The molecule has 10 heteroatoms. The number of hydrogen-bond acceptors (Lipinski definition) is 6. The predicted molar refractivity (Wildman–Crippen MR) is 115 cm³/mol. The first kappa shape index (κ1) is 21.2. The Morgan fingerprint density at radius 1 is 1.17 bits per heavy atom. The third kappa shape index (κ3) is 6.22. The highest BCUT2D eigenvalue weighted by Gasteiger charge is 2.14. The van der Waals surface area contributed by atoms with Crippen molar-refractivity contribution in [1.29, 1.82) is 0 Å². The van der Waals surface area contributed by atoms with Gasteiger partial charge in [0.2, 0.25) is 5.91 Å². The van der Waals surface area contributed by atoms with E-state index in [-0.39, 0.29) is 18.3 Å². The van der Waals surface area contributed by atoms with E-state index < -0.39 is 0 Å². The quantitative estimate of drug-likeness (QED) is 0.383. The average Bonchev–Trinajstić information content (AvgIpc) is 3.10. The Bertz CT molecular complexity index is 977. The zero-order chi connectivity index (χ0) is 20.6. The Balaban J connectivity index is 1.59. The third-order valence-electron chi connectivity index (χ3n) is 3.61. The number of allylic oxidation sites excluding steroid dienone is 1. The lowest BCUT2D eigenvalue weighted by Gasteiger charge is -2.09. The number of ether oxygens (including phenoxy) is 1. The second kappa shape index (κ2) is 10.3. The smallest absolute Gasteiger partial charge is 0.236 e. The summed E-state index contributed by atoms with van der Waals surface area (Å²) >= 11 is 12.9. The van der Waals surface area contributed by atoms with Gasteiger partial charge in [0.1, 0.15) is 18.2 Å². The van der Waals surface area contributed by atoms with Gasteiger partial charge in [-0.05, 0) is 36.4 Å². The SMILES string of the molecule is C=CCn1c(COc2ccc(Cl)cc2)nnc1SCC(=O)Nc1ccc(Cl)cn1. The molecule has 0 saturated heterocycles. The fourth-order valence-corrected chi connectivity index (χ4v) is 3.29. The highest BCUT2D eigenvalue weighted by atomic mass is 35.5. The number of rotatable bonds is 9. The van der Waals surface area contributed by atoms with Gasteiger partial charge in [-0.25, -0.2) is 4.98 Å². The van der Waals surface area contributed by atoms with Crippen LogP contribution in [0, 0.1) is 0 Å². The predicted octanol–water partition coefficient (Wildman–Crippen LogP) is 4.48. The molecule has 0 aliphatic carbocycles. The summed E-state index contributed by atoms with van der Waals surface area (Å²) in [6, 6.07) is 10.4. The van der Waals surface area contributed by atoms with Crippen LogP contribution in [0.15, 0.2) is 60.4 Å². The summed E-state index contributed by atoms with van der Waals surface area (Å²) in [6.45, 7) is 4.49. The normalized spacial score (nSPS) is 10.6. The van der Waals surface area contributed by atoms with Crippen LogP contribution < -0.4 is 10.1 Å². The van der Waals surface area contributed by atoms with Gasteiger partial charge in [0, 0.05) is 17.8 Å². The van der Waals surface area contributed by atoms with Crippen molar-refractivity contribution >= 4 is 46.7 Å². The monoisotopic (exact) mass is 449 g/mol. The molecule has 150 valence electrons. The Hall–Kier alpha value is -2.55. The molecular weight excluding hydrogens is 433 g/mol. The minimum Gasteiger partial charge on any atom is -0.486 e. The second-order valence-electron chi connectivity index (χ2n) is 5.74. The van der Waals surface area contributed by atoms with Crippen molar-refractivity contribution in [3.63, 3.8) is 0 Å². The number of thioether (sulfide) groups is 1. The Morgan fingerprint density at radius 2 is 1.93 bits per heavy atom. The van der Waals surface area contributed by atoms with Gasteiger partial charge in [-0.1, -0.05) is 41.0 Å². The molecular formula is C19H17Cl2N5O2S. The number of carbonyl (C=O) groups excluding carboxylic acids is 1. The molecule has 1 amide bonds. The van der Waals surface area contributed by atoms with Crippen LogP contribution in [0.4, 0.5) is 5.82 Å². The van der Waals surface area contributed by atoms with E-state index in [1.165, 1.54) is 18.0 Å². The van der Waals surface area contributed by atoms with Gasteiger partial charge in [0.15, 0.2) is 11.0 Å². The van der Waals surface area contributed by atoms with Crippen molar-refractivity contribution < 1.29 is 9.53 Å². The van der Waals surface area contributed by atoms with Crippen LogP contribution in [0.2, 0.25) is 10.0 Å². The van der Waals surface area contributed by atoms with Crippen molar-refractivity contribution in [2.45, 2.75) is 18.3 Å². The van der Waals surface area contributed by atoms with Gasteiger partial charge in [-0.2, -0.15) is 0 Å². The summed E-state index contributed by atoms with van der Waals surface area (Å²) in [5.41, 5.74) is 0. The van der Waals surface area contributed by atoms with Gasteiger partial charge in [0.25, 0.3) is 0 Å². The maximum Gasteiger partial charge on any atom is 0.236 e. The maximum absolute atomic E-state index is 12.2. The van der Waals surface area contributed by atoms with E-state index >= 15 is 0 Å². The third-order valence-corrected chi connectivity index (χ3v) is 5.06. The van der Waals surface area contributed by atoms with Crippen molar-refractivity contribution in [3.05, 3.63) is 71.1 Å². The van der Waals surface area contributed by atoms with Crippen molar-refractivity contribution in [2.75, 3.05) is 11.1 Å². The van der Waals surface area contributed by atoms with E-state index in [9.17, 15) is 4.79 Å². The van der Waals surface area contributed by atoms with E-state index in [0.29, 0.717) is 39.1 Å². The van der Waals surface area contributed by atoms with Gasteiger partial charge in [0.05, 0.1) is 10.8 Å². The summed E-state index contributed by atoms with van der Waals surface area (Å²) in [4.78, 5) is 16.2. The molecule has 0 saturated carbocycles. The van der Waals surface area contributed by atoms with Gasteiger partial charge in [-0.15, -0.1) is 16.8 Å². The van der Waals surface area contributed by atoms with Crippen LogP contribution in [0.25, 0.3) is 0 Å². The number of anilines is 1. The van der Waals surface area contributed by atoms with Gasteiger partial charge >= 0.3 is 0 Å². The van der Waals surface area contributed by atoms with Crippen LogP contribution in [-0.2, 0) is 17.9 Å². The average molecular weight is 450 g/mol. The number of benzene rings is 1. The van der Waals surface area contributed by atoms with Crippen molar-refractivity contribution in [3.8, 4) is 5.75 Å². The van der Waals surface area contributed by atoms with E-state index in [0.717, 1.165) is 0 Å². The summed E-state index contributed by atoms with van der Waals surface area (Å²) in [7, 11) is 0. The number of carbonyl (C=O) groups is 1. The van der Waals surface area contributed by atoms with Crippen molar-refractivity contribution in [2.24, 2.45) is 0 Å². The van der Waals surface area contributed by atoms with Crippen LogP contribution in [0.1, 0.15) is 5.82 Å². The van der Waals surface area contributed by atoms with Crippen LogP contribution in [0.3, 0.4) is 0 Å². The number of nitrogens with zero attached hydrogens (tertiary/aromatic N) is 4. The lowest BCUT2D eigenvalue weighted by atomic mass is 10.3. The molecule has 0 aliphatic heterocycles. The molecule has 29 heavy (non-hydrogen) atoms. The Morgan fingerprint density at radius 3 is 2.62 bits per heavy atom. The molecule has 0 bridgehead atoms.